The lowest BCUT2D eigenvalue weighted by atomic mass is 10.0. The van der Waals surface area contributed by atoms with Crippen LogP contribution < -0.4 is 5.32 Å². The first-order valence-electron chi connectivity index (χ1n) is 32.3. The molecule has 0 aromatic rings. The number of hydrogen-bond acceptors (Lipinski definition) is 5. The molecule has 2 unspecified atom stereocenters. The molecule has 72 heavy (non-hydrogen) atoms. The summed E-state index contributed by atoms with van der Waals surface area (Å²) in [5, 5.41) is 23.2. The second kappa shape index (κ2) is 61.6. The zero-order chi connectivity index (χ0) is 52.2. The SMILES string of the molecule is CCCCCCCCCCCCCCCCC/C=C/C(O)C(CO)NC(=O)CCCCCCCCCCC/C=C\C/C=C\CCCCCCCCCCCOC(=O)CCCCCCCCCCCCCCC. The van der Waals surface area contributed by atoms with E-state index in [9.17, 15) is 19.8 Å². The standard InChI is InChI=1S/C66H125NO5/c1-3-5-7-9-11-13-15-17-18-28-31-35-38-42-46-50-54-58-64(69)63(62-68)67-65(70)59-55-51-47-43-39-36-32-29-26-24-22-20-19-21-23-25-27-30-33-37-41-45-49-53-57-61-72-66(71)60-56-52-48-44-40-34-16-14-12-10-8-6-4-2/h20-23,54,58,63-64,68-69H,3-19,24-53,55-57,59-62H2,1-2H3,(H,67,70)/b22-20-,23-21-,58-54+. The number of aliphatic hydroxyl groups is 2. The number of amides is 1. The van der Waals surface area contributed by atoms with Gasteiger partial charge in [0.2, 0.25) is 5.91 Å². The first kappa shape index (κ1) is 70.1. The summed E-state index contributed by atoms with van der Waals surface area (Å²) < 4.78 is 5.48. The number of carbonyl (C=O) groups excluding carboxylic acids is 2. The van der Waals surface area contributed by atoms with Gasteiger partial charge in [-0.15, -0.1) is 0 Å². The van der Waals surface area contributed by atoms with E-state index in [4.69, 9.17) is 4.74 Å². The van der Waals surface area contributed by atoms with Crippen LogP contribution >= 0.6 is 0 Å². The summed E-state index contributed by atoms with van der Waals surface area (Å²) in [7, 11) is 0. The van der Waals surface area contributed by atoms with Gasteiger partial charge in [-0.05, 0) is 64.2 Å². The predicted octanol–water partition coefficient (Wildman–Crippen LogP) is 20.4. The molecule has 6 heteroatoms. The molecule has 0 bridgehead atoms. The van der Waals surface area contributed by atoms with Gasteiger partial charge >= 0.3 is 5.97 Å². The Morgan fingerprint density at radius 2 is 0.694 bits per heavy atom. The van der Waals surface area contributed by atoms with Crippen LogP contribution in [0.4, 0.5) is 0 Å². The van der Waals surface area contributed by atoms with Crippen LogP contribution in [0.25, 0.3) is 0 Å². The van der Waals surface area contributed by atoms with Gasteiger partial charge in [0.1, 0.15) is 0 Å². The summed E-state index contributed by atoms with van der Waals surface area (Å²) in [6.45, 7) is 4.92. The lowest BCUT2D eigenvalue weighted by molar-refractivity contribution is -0.143. The number of hydrogen-bond donors (Lipinski definition) is 3. The maximum atomic E-state index is 12.5. The molecule has 0 aliphatic carbocycles. The summed E-state index contributed by atoms with van der Waals surface area (Å²) in [5.74, 6) is -0.0619. The van der Waals surface area contributed by atoms with Gasteiger partial charge in [-0.3, -0.25) is 9.59 Å². The fraction of sp³-hybridized carbons (Fsp3) is 0.879. The van der Waals surface area contributed by atoms with Crippen molar-refractivity contribution < 1.29 is 24.5 Å². The largest absolute Gasteiger partial charge is 0.466 e. The Hall–Kier alpha value is -1.92. The van der Waals surface area contributed by atoms with Gasteiger partial charge < -0.3 is 20.3 Å². The van der Waals surface area contributed by atoms with E-state index in [1.165, 1.54) is 276 Å². The predicted molar refractivity (Wildman–Crippen MR) is 315 cm³/mol. The Morgan fingerprint density at radius 3 is 1.06 bits per heavy atom. The molecule has 1 amide bonds. The summed E-state index contributed by atoms with van der Waals surface area (Å²) >= 11 is 0. The van der Waals surface area contributed by atoms with Crippen molar-refractivity contribution in [2.45, 2.75) is 360 Å². The molecule has 2 atom stereocenters. The molecule has 0 heterocycles. The molecule has 0 aliphatic rings. The Bertz CT molecular complexity index is 1170. The molecule has 0 fully saturated rings. The Balaban J connectivity index is 3.46. The van der Waals surface area contributed by atoms with E-state index in [0.717, 1.165) is 44.9 Å². The quantitative estimate of drug-likeness (QED) is 0.0320. The first-order valence-corrected chi connectivity index (χ1v) is 32.3. The van der Waals surface area contributed by atoms with Crippen LogP contribution in [-0.4, -0.2) is 47.4 Å². The number of ether oxygens (including phenoxy) is 1. The topological polar surface area (TPSA) is 95.9 Å². The van der Waals surface area contributed by atoms with Crippen LogP contribution in [0.2, 0.25) is 0 Å². The average molecular weight is 1010 g/mol. The second-order valence-electron chi connectivity index (χ2n) is 22.1. The molecule has 0 saturated carbocycles. The monoisotopic (exact) mass is 1010 g/mol. The molecular weight excluding hydrogens is 887 g/mol. The smallest absolute Gasteiger partial charge is 0.305 e. The highest BCUT2D eigenvalue weighted by molar-refractivity contribution is 5.76. The van der Waals surface area contributed by atoms with Gasteiger partial charge in [0.25, 0.3) is 0 Å². The molecule has 0 radical (unpaired) electrons. The molecule has 0 saturated heterocycles. The molecule has 0 spiro atoms. The Kier molecular flexibility index (Phi) is 60.0. The highest BCUT2D eigenvalue weighted by atomic mass is 16.5. The lowest BCUT2D eigenvalue weighted by Gasteiger charge is -2.20. The van der Waals surface area contributed by atoms with Crippen LogP contribution in [0.5, 0.6) is 0 Å². The van der Waals surface area contributed by atoms with E-state index >= 15 is 0 Å². The normalized spacial score (nSPS) is 12.8. The number of aliphatic hydroxyl groups excluding tert-OH is 2. The summed E-state index contributed by atoms with van der Waals surface area (Å²) in [4.78, 5) is 24.5. The van der Waals surface area contributed by atoms with Crippen molar-refractivity contribution >= 4 is 11.9 Å². The molecule has 0 aliphatic heterocycles. The second-order valence-corrected chi connectivity index (χ2v) is 22.1. The van der Waals surface area contributed by atoms with Crippen LogP contribution in [0.3, 0.4) is 0 Å². The van der Waals surface area contributed by atoms with Crippen molar-refractivity contribution in [2.75, 3.05) is 13.2 Å². The highest BCUT2D eigenvalue weighted by Gasteiger charge is 2.18. The van der Waals surface area contributed by atoms with Crippen LogP contribution in [-0.2, 0) is 14.3 Å². The van der Waals surface area contributed by atoms with E-state index in [-0.39, 0.29) is 18.5 Å². The fourth-order valence-electron chi connectivity index (χ4n) is 9.96. The van der Waals surface area contributed by atoms with Gasteiger partial charge in [-0.2, -0.15) is 0 Å². The highest BCUT2D eigenvalue weighted by Crippen LogP contribution is 2.17. The molecule has 0 aromatic heterocycles. The number of esters is 1. The van der Waals surface area contributed by atoms with Gasteiger partial charge in [-0.1, -0.05) is 307 Å². The van der Waals surface area contributed by atoms with Crippen molar-refractivity contribution in [3.63, 3.8) is 0 Å². The Labute approximate surface area is 449 Å². The van der Waals surface area contributed by atoms with Crippen LogP contribution in [0.15, 0.2) is 36.5 Å². The molecule has 6 nitrogen and oxygen atoms in total. The zero-order valence-electron chi connectivity index (χ0n) is 48.4. The fourth-order valence-corrected chi connectivity index (χ4v) is 9.96. The molecule has 0 aromatic carbocycles. The third-order valence-corrected chi connectivity index (χ3v) is 14.9. The van der Waals surface area contributed by atoms with Gasteiger partial charge in [-0.25, -0.2) is 0 Å². The van der Waals surface area contributed by atoms with Crippen molar-refractivity contribution in [2.24, 2.45) is 0 Å². The van der Waals surface area contributed by atoms with Gasteiger partial charge in [0.05, 0.1) is 25.4 Å². The maximum Gasteiger partial charge on any atom is 0.305 e. The summed E-state index contributed by atoms with van der Waals surface area (Å²) in [5.41, 5.74) is 0. The van der Waals surface area contributed by atoms with E-state index in [2.05, 4.69) is 43.5 Å². The van der Waals surface area contributed by atoms with Gasteiger partial charge in [0.15, 0.2) is 0 Å². The first-order chi connectivity index (χ1) is 35.5. The van der Waals surface area contributed by atoms with Crippen molar-refractivity contribution in [3.8, 4) is 0 Å². The third-order valence-electron chi connectivity index (χ3n) is 14.9. The van der Waals surface area contributed by atoms with E-state index in [1.54, 1.807) is 6.08 Å². The van der Waals surface area contributed by atoms with Gasteiger partial charge in [0, 0.05) is 12.8 Å². The molecule has 0 rings (SSSR count). The number of carbonyl (C=O) groups is 2. The van der Waals surface area contributed by atoms with Crippen molar-refractivity contribution in [1.82, 2.24) is 5.32 Å². The third kappa shape index (κ3) is 57.4. The lowest BCUT2D eigenvalue weighted by Crippen LogP contribution is -2.45. The minimum absolute atomic E-state index is 0.0102. The van der Waals surface area contributed by atoms with Crippen LogP contribution in [0, 0.1) is 0 Å². The van der Waals surface area contributed by atoms with E-state index < -0.39 is 12.1 Å². The molecule has 424 valence electrons. The maximum absolute atomic E-state index is 12.5. The van der Waals surface area contributed by atoms with E-state index in [1.807, 2.05) is 6.08 Å². The van der Waals surface area contributed by atoms with E-state index in [0.29, 0.717) is 19.4 Å². The average Bonchev–Trinajstić information content (AvgIpc) is 3.38. The van der Waals surface area contributed by atoms with Crippen molar-refractivity contribution in [3.05, 3.63) is 36.5 Å². The number of unbranched alkanes of at least 4 members (excludes halogenated alkanes) is 45. The Morgan fingerprint density at radius 1 is 0.389 bits per heavy atom. The summed E-state index contributed by atoms with van der Waals surface area (Å²) in [6.07, 6.45) is 77.6. The zero-order valence-corrected chi connectivity index (χ0v) is 48.4. The molecule has 3 N–H and O–H groups in total. The number of allylic oxidation sites excluding steroid dienone is 5. The minimum atomic E-state index is -0.849. The number of nitrogens with one attached hydrogen (secondary N) is 1. The summed E-state index contributed by atoms with van der Waals surface area (Å²) in [6, 6.07) is -0.633. The number of rotatable bonds is 60. The minimum Gasteiger partial charge on any atom is -0.466 e. The van der Waals surface area contributed by atoms with Crippen LogP contribution in [0.1, 0.15) is 348 Å². The van der Waals surface area contributed by atoms with Crippen molar-refractivity contribution in [1.29, 1.82) is 0 Å². The molecular formula is C66H125NO5.